The van der Waals surface area contributed by atoms with Crippen molar-refractivity contribution >= 4 is 15.9 Å². The smallest absolute Gasteiger partial charge is 0.0992 e. The fourth-order valence-electron chi connectivity index (χ4n) is 1.60. The van der Waals surface area contributed by atoms with E-state index in [9.17, 15) is 0 Å². The first kappa shape index (κ1) is 13.2. The Morgan fingerprint density at radius 1 is 1.44 bits per heavy atom. The van der Waals surface area contributed by atoms with Crippen molar-refractivity contribution in [2.45, 2.75) is 13.5 Å². The van der Waals surface area contributed by atoms with Gasteiger partial charge >= 0.3 is 0 Å². The van der Waals surface area contributed by atoms with Gasteiger partial charge in [0.05, 0.1) is 11.6 Å². The van der Waals surface area contributed by atoms with Crippen LogP contribution in [0.3, 0.4) is 0 Å². The maximum Gasteiger partial charge on any atom is 0.0992 e. The van der Waals surface area contributed by atoms with Crippen LogP contribution in [-0.2, 0) is 6.54 Å². The van der Waals surface area contributed by atoms with E-state index in [1.807, 2.05) is 18.2 Å². The number of likely N-dealkylation sites (N-methyl/N-ethyl adjacent to an activating group) is 1. The van der Waals surface area contributed by atoms with Crippen LogP contribution in [0.5, 0.6) is 0 Å². The van der Waals surface area contributed by atoms with Crippen LogP contribution in [0.1, 0.15) is 18.1 Å². The van der Waals surface area contributed by atoms with Crippen molar-refractivity contribution in [3.63, 3.8) is 0 Å². The van der Waals surface area contributed by atoms with E-state index >= 15 is 0 Å². The molecule has 2 N–H and O–H groups in total. The van der Waals surface area contributed by atoms with Gasteiger partial charge in [-0.25, -0.2) is 0 Å². The fraction of sp³-hybridized carbons (Fsp3) is 0.417. The van der Waals surface area contributed by atoms with Crippen molar-refractivity contribution in [3.8, 4) is 6.07 Å². The monoisotopic (exact) mass is 281 g/mol. The zero-order valence-corrected chi connectivity index (χ0v) is 11.0. The summed E-state index contributed by atoms with van der Waals surface area (Å²) in [6, 6.07) is 7.94. The summed E-state index contributed by atoms with van der Waals surface area (Å²) in [5.74, 6) is 0. The molecule has 0 heterocycles. The molecule has 0 bridgehead atoms. The minimum atomic E-state index is 0.660. The largest absolute Gasteiger partial charge is 0.329 e. The Labute approximate surface area is 105 Å². The van der Waals surface area contributed by atoms with Crippen molar-refractivity contribution in [3.05, 3.63) is 33.8 Å². The van der Waals surface area contributed by atoms with Crippen LogP contribution < -0.4 is 5.73 Å². The van der Waals surface area contributed by atoms with E-state index in [-0.39, 0.29) is 0 Å². The zero-order valence-electron chi connectivity index (χ0n) is 9.41. The molecule has 0 saturated heterocycles. The highest BCUT2D eigenvalue weighted by atomic mass is 79.9. The second-order valence-corrected chi connectivity index (χ2v) is 4.53. The summed E-state index contributed by atoms with van der Waals surface area (Å²) >= 11 is 3.41. The molecule has 0 aliphatic carbocycles. The Balaban J connectivity index is 2.80. The van der Waals surface area contributed by atoms with Crippen molar-refractivity contribution in [1.82, 2.24) is 4.90 Å². The lowest BCUT2D eigenvalue weighted by atomic mass is 10.1. The van der Waals surface area contributed by atoms with E-state index in [1.165, 1.54) is 0 Å². The van der Waals surface area contributed by atoms with Gasteiger partial charge in [0.15, 0.2) is 0 Å². The van der Waals surface area contributed by atoms with Crippen LogP contribution in [0, 0.1) is 11.3 Å². The lowest BCUT2D eigenvalue weighted by Crippen LogP contribution is -2.28. The Kier molecular flexibility index (Phi) is 5.47. The molecule has 0 fully saturated rings. The Morgan fingerprint density at radius 2 is 2.19 bits per heavy atom. The molecular weight excluding hydrogens is 266 g/mol. The third-order valence-corrected chi connectivity index (χ3v) is 2.84. The van der Waals surface area contributed by atoms with Crippen LogP contribution in [0.4, 0.5) is 0 Å². The Morgan fingerprint density at radius 3 is 2.75 bits per heavy atom. The number of hydrogen-bond donors (Lipinski definition) is 1. The van der Waals surface area contributed by atoms with Gasteiger partial charge in [-0.1, -0.05) is 22.9 Å². The first-order valence-electron chi connectivity index (χ1n) is 5.31. The summed E-state index contributed by atoms with van der Waals surface area (Å²) in [7, 11) is 0. The van der Waals surface area contributed by atoms with Crippen LogP contribution in [-0.4, -0.2) is 24.5 Å². The molecule has 0 saturated carbocycles. The normalized spacial score (nSPS) is 10.4. The van der Waals surface area contributed by atoms with Crippen LogP contribution in [0.15, 0.2) is 22.7 Å². The van der Waals surface area contributed by atoms with Crippen LogP contribution >= 0.6 is 15.9 Å². The van der Waals surface area contributed by atoms with Crippen LogP contribution in [0.2, 0.25) is 0 Å². The van der Waals surface area contributed by atoms with E-state index in [0.29, 0.717) is 12.1 Å². The highest BCUT2D eigenvalue weighted by molar-refractivity contribution is 9.10. The van der Waals surface area contributed by atoms with Gasteiger partial charge in [0.1, 0.15) is 0 Å². The average Bonchev–Trinajstić information content (AvgIpc) is 2.27. The molecule has 3 nitrogen and oxygen atoms in total. The van der Waals surface area contributed by atoms with Gasteiger partial charge in [0, 0.05) is 24.1 Å². The number of hydrogen-bond acceptors (Lipinski definition) is 3. The van der Waals surface area contributed by atoms with Gasteiger partial charge in [-0.15, -0.1) is 0 Å². The predicted molar refractivity (Wildman–Crippen MR) is 68.9 cm³/mol. The van der Waals surface area contributed by atoms with Gasteiger partial charge in [0.2, 0.25) is 0 Å². The SMILES string of the molecule is CCN(CCN)Cc1cc(Br)cc(C#N)c1. The first-order chi connectivity index (χ1) is 7.69. The quantitative estimate of drug-likeness (QED) is 0.899. The molecule has 0 atom stereocenters. The summed E-state index contributed by atoms with van der Waals surface area (Å²) < 4.78 is 0.949. The molecule has 0 spiro atoms. The lowest BCUT2D eigenvalue weighted by Gasteiger charge is -2.19. The van der Waals surface area contributed by atoms with E-state index in [1.54, 1.807) is 0 Å². The molecule has 0 aliphatic heterocycles. The minimum absolute atomic E-state index is 0.660. The van der Waals surface area contributed by atoms with Gasteiger partial charge < -0.3 is 5.73 Å². The van der Waals surface area contributed by atoms with Crippen molar-refractivity contribution in [2.24, 2.45) is 5.73 Å². The third kappa shape index (κ3) is 3.93. The maximum atomic E-state index is 8.88. The second kappa shape index (κ2) is 6.64. The van der Waals surface area contributed by atoms with Gasteiger partial charge in [0.25, 0.3) is 0 Å². The molecule has 0 radical (unpaired) electrons. The first-order valence-corrected chi connectivity index (χ1v) is 6.11. The summed E-state index contributed by atoms with van der Waals surface area (Å²) in [5.41, 5.74) is 7.37. The number of nitrogens with zero attached hydrogens (tertiary/aromatic N) is 2. The van der Waals surface area contributed by atoms with Crippen molar-refractivity contribution in [1.29, 1.82) is 5.26 Å². The number of nitrogens with two attached hydrogens (primary N) is 1. The van der Waals surface area contributed by atoms with Gasteiger partial charge in [-0.05, 0) is 30.3 Å². The number of benzene rings is 1. The maximum absolute atomic E-state index is 8.88. The minimum Gasteiger partial charge on any atom is -0.329 e. The standard InChI is InChI=1S/C12H16BrN3/c1-2-16(4-3-14)9-11-5-10(8-15)6-12(13)7-11/h5-7H,2-4,9,14H2,1H3. The second-order valence-electron chi connectivity index (χ2n) is 3.62. The molecule has 1 aromatic rings. The summed E-state index contributed by atoms with van der Waals surface area (Å²) in [6.45, 7) is 5.45. The van der Waals surface area contributed by atoms with E-state index in [4.69, 9.17) is 11.0 Å². The van der Waals surface area contributed by atoms with Crippen molar-refractivity contribution < 1.29 is 0 Å². The summed E-state index contributed by atoms with van der Waals surface area (Å²) in [6.07, 6.45) is 0. The molecule has 0 amide bonds. The van der Waals surface area contributed by atoms with E-state index < -0.39 is 0 Å². The van der Waals surface area contributed by atoms with E-state index in [0.717, 1.165) is 29.7 Å². The Bertz CT molecular complexity index is 384. The summed E-state index contributed by atoms with van der Waals surface area (Å²) in [4.78, 5) is 2.25. The average molecular weight is 282 g/mol. The molecule has 16 heavy (non-hydrogen) atoms. The predicted octanol–water partition coefficient (Wildman–Crippen LogP) is 2.10. The van der Waals surface area contributed by atoms with E-state index in [2.05, 4.69) is 33.8 Å². The highest BCUT2D eigenvalue weighted by Crippen LogP contribution is 2.16. The number of nitriles is 1. The molecule has 4 heteroatoms. The molecule has 0 unspecified atom stereocenters. The van der Waals surface area contributed by atoms with Crippen molar-refractivity contribution in [2.75, 3.05) is 19.6 Å². The molecule has 0 aromatic heterocycles. The molecule has 1 aromatic carbocycles. The Hall–Kier alpha value is -0.890. The third-order valence-electron chi connectivity index (χ3n) is 2.39. The van der Waals surface area contributed by atoms with Gasteiger partial charge in [-0.2, -0.15) is 5.26 Å². The molecular formula is C12H16BrN3. The highest BCUT2D eigenvalue weighted by Gasteiger charge is 2.04. The van der Waals surface area contributed by atoms with Crippen LogP contribution in [0.25, 0.3) is 0 Å². The van der Waals surface area contributed by atoms with Gasteiger partial charge in [-0.3, -0.25) is 4.90 Å². The molecule has 1 rings (SSSR count). The topological polar surface area (TPSA) is 53.0 Å². The number of rotatable bonds is 5. The molecule has 86 valence electrons. The fourth-order valence-corrected chi connectivity index (χ4v) is 2.14. The summed E-state index contributed by atoms with van der Waals surface area (Å²) in [5, 5.41) is 8.88. The number of halogens is 1. The lowest BCUT2D eigenvalue weighted by molar-refractivity contribution is 0.288. The molecule has 0 aliphatic rings. The zero-order chi connectivity index (χ0) is 12.0.